The Morgan fingerprint density at radius 2 is 1.53 bits per heavy atom. The highest BCUT2D eigenvalue weighted by Crippen LogP contribution is 2.29. The van der Waals surface area contributed by atoms with Crippen LogP contribution in [0.1, 0.15) is 23.0 Å². The molecule has 1 aromatic carbocycles. The van der Waals surface area contributed by atoms with Gasteiger partial charge < -0.3 is 39.4 Å². The molecule has 2 unspecified atom stereocenters. The minimum Gasteiger partial charge on any atom is -0.479 e. The number of carbonyl (C=O) groups is 4. The Balaban J connectivity index is 1.70. The summed E-state index contributed by atoms with van der Waals surface area (Å²) in [6, 6.07) is 7.21. The van der Waals surface area contributed by atoms with Crippen LogP contribution in [0.15, 0.2) is 40.9 Å². The molecule has 0 saturated carbocycles. The fourth-order valence-electron chi connectivity index (χ4n) is 3.61. The van der Waals surface area contributed by atoms with Crippen molar-refractivity contribution in [1.82, 2.24) is 21.1 Å². The highest BCUT2D eigenvalue weighted by molar-refractivity contribution is 5.99. The lowest BCUT2D eigenvalue weighted by Gasteiger charge is -2.25. The summed E-state index contributed by atoms with van der Waals surface area (Å²) in [6.45, 7) is 1.54. The Hall–Kier alpha value is -3.81. The molecule has 0 bridgehead atoms. The van der Waals surface area contributed by atoms with E-state index < -0.39 is 41.4 Å². The minimum atomic E-state index is -1.18. The van der Waals surface area contributed by atoms with Gasteiger partial charge in [-0.05, 0) is 24.1 Å². The molecule has 4 atom stereocenters. The normalized spacial score (nSPS) is 18.5. The third-order valence-electron chi connectivity index (χ3n) is 5.86. The Morgan fingerprint density at radius 1 is 0.947 bits per heavy atom. The van der Waals surface area contributed by atoms with E-state index in [-0.39, 0.29) is 43.7 Å². The van der Waals surface area contributed by atoms with Gasteiger partial charge in [0.2, 0.25) is 17.6 Å². The molecule has 13 nitrogen and oxygen atoms in total. The number of nitrogens with zero attached hydrogens (tertiary/aromatic N) is 1. The van der Waals surface area contributed by atoms with E-state index in [0.29, 0.717) is 0 Å². The van der Waals surface area contributed by atoms with Crippen molar-refractivity contribution in [3.63, 3.8) is 0 Å². The van der Waals surface area contributed by atoms with E-state index in [1.807, 2.05) is 30.3 Å². The maximum Gasteiger partial charge on any atom is 0.290 e. The van der Waals surface area contributed by atoms with Gasteiger partial charge in [0.05, 0.1) is 39.0 Å². The van der Waals surface area contributed by atoms with Crippen molar-refractivity contribution in [3.05, 3.63) is 47.7 Å². The number of benzene rings is 1. The summed E-state index contributed by atoms with van der Waals surface area (Å²) < 4.78 is 25.3. The Morgan fingerprint density at radius 3 is 2.05 bits per heavy atom. The minimum absolute atomic E-state index is 0.0878. The van der Waals surface area contributed by atoms with E-state index in [2.05, 4.69) is 21.1 Å². The summed E-state index contributed by atoms with van der Waals surface area (Å²) in [4.78, 5) is 51.9. The molecule has 1 aromatic heterocycles. The van der Waals surface area contributed by atoms with Gasteiger partial charge in [0, 0.05) is 14.2 Å². The number of aromatic nitrogens is 1. The lowest BCUT2D eigenvalue weighted by atomic mass is 9.94. The van der Waals surface area contributed by atoms with Crippen LogP contribution < -0.4 is 20.7 Å². The zero-order valence-electron chi connectivity index (χ0n) is 21.6. The van der Waals surface area contributed by atoms with Crippen LogP contribution in [0.3, 0.4) is 0 Å². The molecule has 2 heterocycles. The van der Waals surface area contributed by atoms with Crippen LogP contribution in [0.25, 0.3) is 0 Å². The van der Waals surface area contributed by atoms with Crippen molar-refractivity contribution in [1.29, 1.82) is 0 Å². The number of ketones is 1. The second-order valence-electron chi connectivity index (χ2n) is 8.87. The average molecular weight is 533 g/mol. The molecule has 3 amide bonds. The maximum absolute atomic E-state index is 13.2. The molecule has 13 heteroatoms. The van der Waals surface area contributed by atoms with Crippen molar-refractivity contribution in [3.8, 4) is 5.88 Å². The van der Waals surface area contributed by atoms with Gasteiger partial charge in [0.1, 0.15) is 17.7 Å². The van der Waals surface area contributed by atoms with E-state index >= 15 is 0 Å². The third-order valence-corrected chi connectivity index (χ3v) is 5.86. The van der Waals surface area contributed by atoms with Crippen LogP contribution in [-0.2, 0) is 35.0 Å². The van der Waals surface area contributed by atoms with E-state index in [1.165, 1.54) is 27.4 Å². The molecule has 38 heavy (non-hydrogen) atoms. The van der Waals surface area contributed by atoms with Gasteiger partial charge in [-0.15, -0.1) is 0 Å². The zero-order valence-corrected chi connectivity index (χ0v) is 21.6. The first-order valence-corrected chi connectivity index (χ1v) is 11.8. The van der Waals surface area contributed by atoms with Crippen molar-refractivity contribution >= 4 is 23.5 Å². The van der Waals surface area contributed by atoms with Gasteiger partial charge in [-0.25, -0.2) is 0 Å². The molecule has 1 fully saturated rings. The Kier molecular flexibility index (Phi) is 9.93. The summed E-state index contributed by atoms with van der Waals surface area (Å²) in [7, 11) is 4.07. The van der Waals surface area contributed by atoms with Crippen molar-refractivity contribution in [2.75, 3.05) is 41.2 Å². The molecule has 206 valence electrons. The molecule has 3 rings (SSSR count). The molecule has 0 aliphatic carbocycles. The Bertz CT molecular complexity index is 1120. The number of epoxide rings is 1. The van der Waals surface area contributed by atoms with E-state index in [0.717, 1.165) is 5.56 Å². The molecular formula is C25H32N4O9. The fourth-order valence-corrected chi connectivity index (χ4v) is 3.61. The smallest absolute Gasteiger partial charge is 0.290 e. The predicted molar refractivity (Wildman–Crippen MR) is 131 cm³/mol. The van der Waals surface area contributed by atoms with Crippen LogP contribution in [0.4, 0.5) is 0 Å². The third kappa shape index (κ3) is 7.60. The molecular weight excluding hydrogens is 500 g/mol. The summed E-state index contributed by atoms with van der Waals surface area (Å²) in [5.74, 6) is -2.46. The van der Waals surface area contributed by atoms with Crippen LogP contribution in [0.5, 0.6) is 5.88 Å². The summed E-state index contributed by atoms with van der Waals surface area (Å²) in [5, 5.41) is 11.3. The average Bonchev–Trinajstić information content (AvgIpc) is 3.47. The van der Waals surface area contributed by atoms with E-state index in [9.17, 15) is 19.2 Å². The summed E-state index contributed by atoms with van der Waals surface area (Å²) in [6.07, 6.45) is 0.237. The first kappa shape index (κ1) is 28.8. The Labute approximate surface area is 219 Å². The predicted octanol–water partition coefficient (Wildman–Crippen LogP) is -0.355. The quantitative estimate of drug-likeness (QED) is 0.258. The van der Waals surface area contributed by atoms with Crippen molar-refractivity contribution < 1.29 is 42.6 Å². The molecule has 1 saturated heterocycles. The van der Waals surface area contributed by atoms with Crippen molar-refractivity contribution in [2.45, 2.75) is 37.1 Å². The van der Waals surface area contributed by atoms with Gasteiger partial charge >= 0.3 is 0 Å². The molecule has 3 N–H and O–H groups in total. The molecule has 2 aromatic rings. The highest BCUT2D eigenvalue weighted by Gasteiger charge is 2.50. The van der Waals surface area contributed by atoms with Gasteiger partial charge in [0.25, 0.3) is 11.8 Å². The zero-order chi connectivity index (χ0) is 27.7. The topological polar surface area (TPSA) is 171 Å². The number of rotatable bonds is 15. The first-order valence-electron chi connectivity index (χ1n) is 11.8. The number of Topliss-reactive ketones (excluding diaryl/α,β-unsaturated/α-hetero) is 1. The second-order valence-corrected chi connectivity index (χ2v) is 8.87. The number of methoxy groups -OCH3 is 3. The van der Waals surface area contributed by atoms with Crippen LogP contribution in [0, 0.1) is 0 Å². The lowest BCUT2D eigenvalue weighted by molar-refractivity contribution is -0.134. The van der Waals surface area contributed by atoms with Gasteiger partial charge in [-0.3, -0.25) is 19.2 Å². The number of amides is 3. The molecule has 0 spiro atoms. The monoisotopic (exact) mass is 532 g/mol. The molecule has 1 aliphatic rings. The first-order chi connectivity index (χ1) is 18.2. The van der Waals surface area contributed by atoms with Crippen LogP contribution >= 0.6 is 0 Å². The van der Waals surface area contributed by atoms with Crippen LogP contribution in [0.2, 0.25) is 0 Å². The molecule has 0 radical (unpaired) electrons. The summed E-state index contributed by atoms with van der Waals surface area (Å²) in [5.41, 5.74) is -0.126. The lowest BCUT2D eigenvalue weighted by Crippen LogP contribution is -2.59. The SMILES string of the molecule is COCC(NC(=O)c1cc(OC)no1)C(=O)N[C@@H](COC)C(=O)NC(Cc1ccccc1)C(=O)[C@@]1(C)CO1. The highest BCUT2D eigenvalue weighted by atomic mass is 16.6. The number of carbonyl (C=O) groups excluding carboxylic acids is 4. The number of ether oxygens (including phenoxy) is 4. The number of hydrogen-bond acceptors (Lipinski definition) is 10. The van der Waals surface area contributed by atoms with Crippen LogP contribution in [-0.4, -0.2) is 93.5 Å². The summed E-state index contributed by atoms with van der Waals surface area (Å²) >= 11 is 0. The standard InChI is InChI=1S/C25H32N4O9/c1-25(14-37-25)21(30)16(10-15-8-6-5-7-9-15)26-22(31)17(12-34-2)27-23(32)18(13-35-3)28-24(33)19-11-20(36-4)29-38-19/h5-9,11,16-18H,10,12-14H2,1-4H3,(H,26,31)(H,27,32)(H,28,33)/t16?,17-,18?,25+/m0/s1. The number of hydrogen-bond donors (Lipinski definition) is 3. The van der Waals surface area contributed by atoms with Gasteiger partial charge in [-0.2, -0.15) is 0 Å². The van der Waals surface area contributed by atoms with E-state index in [4.69, 9.17) is 23.5 Å². The van der Waals surface area contributed by atoms with Gasteiger partial charge in [-0.1, -0.05) is 30.3 Å². The van der Waals surface area contributed by atoms with E-state index in [1.54, 1.807) is 6.92 Å². The van der Waals surface area contributed by atoms with Crippen molar-refractivity contribution in [2.24, 2.45) is 0 Å². The largest absolute Gasteiger partial charge is 0.479 e. The fraction of sp³-hybridized carbons (Fsp3) is 0.480. The number of nitrogens with one attached hydrogen (secondary N) is 3. The second kappa shape index (κ2) is 13.1. The molecule has 1 aliphatic heterocycles. The van der Waals surface area contributed by atoms with Gasteiger partial charge in [0.15, 0.2) is 5.78 Å². The maximum atomic E-state index is 13.2.